The van der Waals surface area contributed by atoms with Gasteiger partial charge < -0.3 is 15.2 Å². The molecule has 0 atom stereocenters. The van der Waals surface area contributed by atoms with E-state index in [1.54, 1.807) is 0 Å². The average Bonchev–Trinajstić information content (AvgIpc) is 2.06. The highest BCUT2D eigenvalue weighted by Crippen LogP contribution is 1.85. The van der Waals surface area contributed by atoms with Crippen molar-refractivity contribution < 1.29 is 14.6 Å². The molecule has 0 aliphatic rings. The molecule has 0 unspecified atom stereocenters. The third-order valence-corrected chi connectivity index (χ3v) is 1.34. The van der Waals surface area contributed by atoms with E-state index in [-0.39, 0.29) is 13.2 Å². The summed E-state index contributed by atoms with van der Waals surface area (Å²) in [6.45, 7) is 3.06. The molecule has 0 aromatic carbocycles. The van der Waals surface area contributed by atoms with E-state index in [9.17, 15) is 4.79 Å². The molecule has 12 heavy (non-hydrogen) atoms. The molecule has 0 saturated heterocycles. The second-order valence-electron chi connectivity index (χ2n) is 2.49. The fraction of sp³-hybridized carbons (Fsp3) is 0.875. The minimum Gasteiger partial charge on any atom is -0.449 e. The highest BCUT2D eigenvalue weighted by atomic mass is 16.5. The lowest BCUT2D eigenvalue weighted by atomic mass is 10.3. The number of unbranched alkanes of at least 4 members (excludes halogenated alkanes) is 1. The van der Waals surface area contributed by atoms with Crippen LogP contribution in [-0.4, -0.2) is 31.0 Å². The van der Waals surface area contributed by atoms with Crippen LogP contribution in [0.3, 0.4) is 0 Å². The number of nitrogens with one attached hydrogen (secondary N) is 1. The molecule has 0 rings (SSSR count). The quantitative estimate of drug-likeness (QED) is 0.589. The predicted molar refractivity (Wildman–Crippen MR) is 46.0 cm³/mol. The highest BCUT2D eigenvalue weighted by molar-refractivity contribution is 5.66. The van der Waals surface area contributed by atoms with Gasteiger partial charge in [-0.05, 0) is 6.42 Å². The molecule has 0 saturated carbocycles. The summed E-state index contributed by atoms with van der Waals surface area (Å²) in [6.07, 6.45) is 2.13. The molecule has 0 aliphatic heterocycles. The summed E-state index contributed by atoms with van der Waals surface area (Å²) in [7, 11) is 0. The van der Waals surface area contributed by atoms with Gasteiger partial charge in [0.05, 0.1) is 6.61 Å². The van der Waals surface area contributed by atoms with E-state index in [1.807, 2.05) is 0 Å². The van der Waals surface area contributed by atoms with Gasteiger partial charge in [0.25, 0.3) is 0 Å². The van der Waals surface area contributed by atoms with E-state index in [4.69, 9.17) is 9.84 Å². The number of aliphatic hydroxyl groups is 1. The summed E-state index contributed by atoms with van der Waals surface area (Å²) >= 11 is 0. The molecule has 1 amide bonds. The highest BCUT2D eigenvalue weighted by Gasteiger charge is 1.98. The normalized spacial score (nSPS) is 9.50. The Labute approximate surface area is 72.9 Å². The van der Waals surface area contributed by atoms with Gasteiger partial charge in [-0.3, -0.25) is 0 Å². The fourth-order valence-corrected chi connectivity index (χ4v) is 0.648. The Kier molecular flexibility index (Phi) is 7.79. The zero-order chi connectivity index (χ0) is 9.23. The first-order valence-electron chi connectivity index (χ1n) is 4.32. The molecule has 0 spiro atoms. The first-order valence-corrected chi connectivity index (χ1v) is 4.32. The van der Waals surface area contributed by atoms with Gasteiger partial charge in [-0.15, -0.1) is 0 Å². The maximum Gasteiger partial charge on any atom is 0.407 e. The lowest BCUT2D eigenvalue weighted by Gasteiger charge is -2.04. The number of ether oxygens (including phenoxy) is 1. The second-order valence-corrected chi connectivity index (χ2v) is 2.49. The Hall–Kier alpha value is -0.770. The van der Waals surface area contributed by atoms with Crippen molar-refractivity contribution in [2.75, 3.05) is 19.8 Å². The largest absolute Gasteiger partial charge is 0.449 e. The van der Waals surface area contributed by atoms with Crippen molar-refractivity contribution in [1.82, 2.24) is 5.32 Å². The monoisotopic (exact) mass is 175 g/mol. The Balaban J connectivity index is 3.10. The van der Waals surface area contributed by atoms with Crippen LogP contribution in [0.5, 0.6) is 0 Å². The zero-order valence-corrected chi connectivity index (χ0v) is 7.51. The van der Waals surface area contributed by atoms with Crippen molar-refractivity contribution in [2.24, 2.45) is 0 Å². The summed E-state index contributed by atoms with van der Waals surface area (Å²) < 4.78 is 4.72. The third kappa shape index (κ3) is 7.34. The van der Waals surface area contributed by atoms with Crippen LogP contribution in [0.15, 0.2) is 0 Å². The lowest BCUT2D eigenvalue weighted by Crippen LogP contribution is -2.25. The maximum atomic E-state index is 10.8. The number of alkyl carbamates (subject to hydrolysis) is 1. The molecule has 0 bridgehead atoms. The van der Waals surface area contributed by atoms with Crippen LogP contribution in [-0.2, 0) is 4.74 Å². The van der Waals surface area contributed by atoms with Gasteiger partial charge in [0.2, 0.25) is 0 Å². The van der Waals surface area contributed by atoms with Crippen molar-refractivity contribution in [3.05, 3.63) is 0 Å². The molecule has 4 nitrogen and oxygen atoms in total. The van der Waals surface area contributed by atoms with Gasteiger partial charge in [0.1, 0.15) is 0 Å². The van der Waals surface area contributed by atoms with E-state index in [2.05, 4.69) is 12.2 Å². The first kappa shape index (κ1) is 11.2. The van der Waals surface area contributed by atoms with Gasteiger partial charge >= 0.3 is 6.09 Å². The first-order chi connectivity index (χ1) is 5.81. The van der Waals surface area contributed by atoms with Crippen molar-refractivity contribution in [3.8, 4) is 0 Å². The van der Waals surface area contributed by atoms with E-state index < -0.39 is 6.09 Å². The van der Waals surface area contributed by atoms with Gasteiger partial charge in [-0.2, -0.15) is 0 Å². The summed E-state index contributed by atoms with van der Waals surface area (Å²) in [5.41, 5.74) is 0. The fourth-order valence-electron chi connectivity index (χ4n) is 0.648. The lowest BCUT2D eigenvalue weighted by molar-refractivity contribution is 0.135. The summed E-state index contributed by atoms with van der Waals surface area (Å²) in [5.74, 6) is 0. The van der Waals surface area contributed by atoms with Gasteiger partial charge in [-0.25, -0.2) is 4.79 Å². The smallest absolute Gasteiger partial charge is 0.407 e. The Morgan fingerprint density at radius 2 is 2.25 bits per heavy atom. The molecule has 0 heterocycles. The average molecular weight is 175 g/mol. The topological polar surface area (TPSA) is 58.6 Å². The molecule has 0 radical (unpaired) electrons. The van der Waals surface area contributed by atoms with Crippen LogP contribution in [0, 0.1) is 0 Å². The van der Waals surface area contributed by atoms with Gasteiger partial charge in [0.15, 0.2) is 0 Å². The number of hydrogen-bond acceptors (Lipinski definition) is 3. The van der Waals surface area contributed by atoms with Crippen LogP contribution in [0.1, 0.15) is 26.2 Å². The van der Waals surface area contributed by atoms with E-state index in [1.165, 1.54) is 0 Å². The van der Waals surface area contributed by atoms with Crippen LogP contribution in [0.25, 0.3) is 0 Å². The molecule has 4 heteroatoms. The predicted octanol–water partition coefficient (Wildman–Crippen LogP) is 0.895. The van der Waals surface area contributed by atoms with E-state index in [0.29, 0.717) is 13.0 Å². The number of aliphatic hydroxyl groups excluding tert-OH is 1. The Bertz CT molecular complexity index is 105. The summed E-state index contributed by atoms with van der Waals surface area (Å²) in [4.78, 5) is 10.8. The number of amides is 1. The van der Waals surface area contributed by atoms with Crippen LogP contribution < -0.4 is 5.32 Å². The number of carbonyl (C=O) groups is 1. The number of rotatable bonds is 6. The minimum absolute atomic E-state index is 0.0578. The molecular weight excluding hydrogens is 158 g/mol. The van der Waals surface area contributed by atoms with Crippen LogP contribution >= 0.6 is 0 Å². The minimum atomic E-state index is -0.392. The summed E-state index contributed by atoms with van der Waals surface area (Å²) in [5, 5.41) is 11.0. The molecule has 0 aromatic rings. The van der Waals surface area contributed by atoms with Gasteiger partial charge in [-0.1, -0.05) is 13.3 Å². The number of hydrogen-bond donors (Lipinski definition) is 2. The Morgan fingerprint density at radius 3 is 2.83 bits per heavy atom. The molecule has 2 N–H and O–H groups in total. The number of carbonyl (C=O) groups excluding carboxylic acids is 1. The zero-order valence-electron chi connectivity index (χ0n) is 7.51. The Morgan fingerprint density at radius 1 is 1.50 bits per heavy atom. The molecule has 72 valence electrons. The van der Waals surface area contributed by atoms with Crippen molar-refractivity contribution in [3.63, 3.8) is 0 Å². The molecule has 0 fully saturated rings. The van der Waals surface area contributed by atoms with Crippen molar-refractivity contribution in [1.29, 1.82) is 0 Å². The van der Waals surface area contributed by atoms with Crippen LogP contribution in [0.4, 0.5) is 4.79 Å². The maximum absolute atomic E-state index is 10.8. The third-order valence-electron chi connectivity index (χ3n) is 1.34. The molecule has 0 aliphatic carbocycles. The SMILES string of the molecule is CCCCNC(=O)OCCCO. The van der Waals surface area contributed by atoms with E-state index in [0.717, 1.165) is 12.8 Å². The molecule has 0 aromatic heterocycles. The standard InChI is InChI=1S/C8H17NO3/c1-2-3-5-9-8(11)12-7-4-6-10/h10H,2-7H2,1H3,(H,9,11). The molecular formula is C8H17NO3. The second kappa shape index (κ2) is 8.33. The van der Waals surface area contributed by atoms with Crippen molar-refractivity contribution >= 4 is 6.09 Å². The summed E-state index contributed by atoms with van der Waals surface area (Å²) in [6, 6.07) is 0. The van der Waals surface area contributed by atoms with Crippen LogP contribution in [0.2, 0.25) is 0 Å². The van der Waals surface area contributed by atoms with Gasteiger partial charge in [0, 0.05) is 19.6 Å². The van der Waals surface area contributed by atoms with Crippen molar-refractivity contribution in [2.45, 2.75) is 26.2 Å². The van der Waals surface area contributed by atoms with E-state index >= 15 is 0 Å².